The summed E-state index contributed by atoms with van der Waals surface area (Å²) in [5.74, 6) is -0.427. The highest BCUT2D eigenvalue weighted by molar-refractivity contribution is 5.86. The summed E-state index contributed by atoms with van der Waals surface area (Å²) in [5.41, 5.74) is 1.69. The Balaban J connectivity index is 1.87. The van der Waals surface area contributed by atoms with Gasteiger partial charge in [0.2, 0.25) is 5.91 Å². The van der Waals surface area contributed by atoms with Gasteiger partial charge in [0.25, 0.3) is 0 Å². The second-order valence-corrected chi connectivity index (χ2v) is 4.32. The molecule has 1 amide bonds. The van der Waals surface area contributed by atoms with Crippen molar-refractivity contribution in [3.05, 3.63) is 55.0 Å². The van der Waals surface area contributed by atoms with Gasteiger partial charge in [0, 0.05) is 24.8 Å². The number of carbonyl (C=O) groups excluding carboxylic acids is 1. The van der Waals surface area contributed by atoms with E-state index in [2.05, 4.69) is 17.0 Å². The third-order valence-electron chi connectivity index (χ3n) is 2.83. The van der Waals surface area contributed by atoms with E-state index in [1.54, 1.807) is 16.8 Å². The quantitative estimate of drug-likeness (QED) is 0.649. The molecule has 0 bridgehead atoms. The number of carbonyl (C=O) groups is 1. The molecule has 0 aliphatic heterocycles. The number of hydrogen-bond donors (Lipinski definition) is 1. The highest BCUT2D eigenvalue weighted by atomic mass is 19.1. The lowest BCUT2D eigenvalue weighted by atomic mass is 10.1. The predicted octanol–water partition coefficient (Wildman–Crippen LogP) is 2.38. The van der Waals surface area contributed by atoms with Gasteiger partial charge < -0.3 is 5.32 Å². The summed E-state index contributed by atoms with van der Waals surface area (Å²) in [6, 6.07) is 8.12. The van der Waals surface area contributed by atoms with Crippen LogP contribution in [0.1, 0.15) is 6.42 Å². The first-order chi connectivity index (χ1) is 9.69. The van der Waals surface area contributed by atoms with E-state index in [4.69, 9.17) is 0 Å². The van der Waals surface area contributed by atoms with Gasteiger partial charge in [0.15, 0.2) is 0 Å². The Kier molecular flexibility index (Phi) is 4.65. The zero-order valence-electron chi connectivity index (χ0n) is 11.1. The van der Waals surface area contributed by atoms with Crippen molar-refractivity contribution in [1.82, 2.24) is 15.1 Å². The SMILES string of the molecule is C=CC(=O)NCCCn1ccc(-c2ccc(F)cc2)n1. The average Bonchev–Trinajstić information content (AvgIpc) is 2.93. The maximum absolute atomic E-state index is 12.8. The Morgan fingerprint density at radius 3 is 2.80 bits per heavy atom. The predicted molar refractivity (Wildman–Crippen MR) is 75.4 cm³/mol. The van der Waals surface area contributed by atoms with Gasteiger partial charge in [-0.2, -0.15) is 5.10 Å². The molecular weight excluding hydrogens is 257 g/mol. The number of halogens is 1. The first kappa shape index (κ1) is 14.0. The van der Waals surface area contributed by atoms with Gasteiger partial charge in [-0.25, -0.2) is 4.39 Å². The molecule has 0 saturated carbocycles. The minimum Gasteiger partial charge on any atom is -0.353 e. The first-order valence-electron chi connectivity index (χ1n) is 6.38. The zero-order valence-corrected chi connectivity index (χ0v) is 11.1. The van der Waals surface area contributed by atoms with Crippen molar-refractivity contribution in [2.45, 2.75) is 13.0 Å². The lowest BCUT2D eigenvalue weighted by Gasteiger charge is -2.03. The molecule has 2 rings (SSSR count). The first-order valence-corrected chi connectivity index (χ1v) is 6.38. The second-order valence-electron chi connectivity index (χ2n) is 4.32. The third kappa shape index (κ3) is 3.78. The summed E-state index contributed by atoms with van der Waals surface area (Å²) in [7, 11) is 0. The van der Waals surface area contributed by atoms with Crippen LogP contribution in [0.15, 0.2) is 49.2 Å². The molecule has 4 nitrogen and oxygen atoms in total. The van der Waals surface area contributed by atoms with E-state index in [1.807, 2.05) is 12.3 Å². The summed E-state index contributed by atoms with van der Waals surface area (Å²) in [6.45, 7) is 4.67. The Labute approximate surface area is 116 Å². The maximum Gasteiger partial charge on any atom is 0.243 e. The molecule has 1 heterocycles. The molecule has 0 fully saturated rings. The van der Waals surface area contributed by atoms with Crippen LogP contribution >= 0.6 is 0 Å². The highest BCUT2D eigenvalue weighted by Gasteiger charge is 2.02. The van der Waals surface area contributed by atoms with Crippen molar-refractivity contribution in [3.8, 4) is 11.3 Å². The van der Waals surface area contributed by atoms with Crippen LogP contribution in [0.2, 0.25) is 0 Å². The van der Waals surface area contributed by atoms with E-state index in [0.717, 1.165) is 17.7 Å². The third-order valence-corrected chi connectivity index (χ3v) is 2.83. The van der Waals surface area contributed by atoms with Gasteiger partial charge >= 0.3 is 0 Å². The summed E-state index contributed by atoms with van der Waals surface area (Å²) < 4.78 is 14.6. The largest absolute Gasteiger partial charge is 0.353 e. The van der Waals surface area contributed by atoms with E-state index in [1.165, 1.54) is 18.2 Å². The minimum absolute atomic E-state index is 0.169. The van der Waals surface area contributed by atoms with Crippen LogP contribution in [0.5, 0.6) is 0 Å². The zero-order chi connectivity index (χ0) is 14.4. The van der Waals surface area contributed by atoms with Gasteiger partial charge in [0.1, 0.15) is 5.82 Å². The fourth-order valence-corrected chi connectivity index (χ4v) is 1.79. The summed E-state index contributed by atoms with van der Waals surface area (Å²) in [5, 5.41) is 7.12. The molecule has 0 unspecified atom stereocenters. The molecule has 0 aliphatic rings. The molecule has 20 heavy (non-hydrogen) atoms. The van der Waals surface area contributed by atoms with E-state index in [-0.39, 0.29) is 11.7 Å². The average molecular weight is 273 g/mol. The number of nitrogens with zero attached hydrogens (tertiary/aromatic N) is 2. The monoisotopic (exact) mass is 273 g/mol. The molecule has 0 aliphatic carbocycles. The van der Waals surface area contributed by atoms with Crippen molar-refractivity contribution >= 4 is 5.91 Å². The highest BCUT2D eigenvalue weighted by Crippen LogP contribution is 2.17. The molecule has 0 atom stereocenters. The van der Waals surface area contributed by atoms with E-state index >= 15 is 0 Å². The topological polar surface area (TPSA) is 46.9 Å². The summed E-state index contributed by atoms with van der Waals surface area (Å²) in [6.07, 6.45) is 3.90. The van der Waals surface area contributed by atoms with Crippen LogP contribution in [-0.4, -0.2) is 22.2 Å². The van der Waals surface area contributed by atoms with Crippen LogP contribution in [-0.2, 0) is 11.3 Å². The van der Waals surface area contributed by atoms with Gasteiger partial charge in [-0.1, -0.05) is 6.58 Å². The molecule has 1 N–H and O–H groups in total. The molecule has 0 radical (unpaired) electrons. The van der Waals surface area contributed by atoms with Crippen LogP contribution in [0.3, 0.4) is 0 Å². The van der Waals surface area contributed by atoms with Crippen molar-refractivity contribution in [2.24, 2.45) is 0 Å². The Hall–Kier alpha value is -2.43. The summed E-state index contributed by atoms with van der Waals surface area (Å²) >= 11 is 0. The number of hydrogen-bond acceptors (Lipinski definition) is 2. The van der Waals surface area contributed by atoms with Crippen molar-refractivity contribution in [3.63, 3.8) is 0 Å². The van der Waals surface area contributed by atoms with Gasteiger partial charge in [0.05, 0.1) is 5.69 Å². The van der Waals surface area contributed by atoms with Gasteiger partial charge in [-0.05, 0) is 42.8 Å². The molecule has 104 valence electrons. The Morgan fingerprint density at radius 2 is 2.10 bits per heavy atom. The molecular formula is C15H16FN3O. The standard InChI is InChI=1S/C15H16FN3O/c1-2-15(20)17-9-3-10-19-11-8-14(18-19)12-4-6-13(16)7-5-12/h2,4-8,11H,1,3,9-10H2,(H,17,20). The molecule has 0 saturated heterocycles. The number of aryl methyl sites for hydroxylation is 1. The van der Waals surface area contributed by atoms with E-state index < -0.39 is 0 Å². The molecule has 0 spiro atoms. The van der Waals surface area contributed by atoms with Crippen molar-refractivity contribution in [2.75, 3.05) is 6.54 Å². The number of amides is 1. The maximum atomic E-state index is 12.8. The van der Waals surface area contributed by atoms with Crippen molar-refractivity contribution in [1.29, 1.82) is 0 Å². The Bertz CT molecular complexity index is 589. The van der Waals surface area contributed by atoms with Crippen LogP contribution in [0.4, 0.5) is 4.39 Å². The van der Waals surface area contributed by atoms with Crippen LogP contribution in [0.25, 0.3) is 11.3 Å². The van der Waals surface area contributed by atoms with Crippen LogP contribution < -0.4 is 5.32 Å². The molecule has 1 aromatic heterocycles. The van der Waals surface area contributed by atoms with Crippen LogP contribution in [0, 0.1) is 5.82 Å². The summed E-state index contributed by atoms with van der Waals surface area (Å²) in [4.78, 5) is 11.0. The van der Waals surface area contributed by atoms with E-state index in [9.17, 15) is 9.18 Å². The van der Waals surface area contributed by atoms with Gasteiger partial charge in [-0.3, -0.25) is 9.48 Å². The lowest BCUT2D eigenvalue weighted by molar-refractivity contribution is -0.116. The normalized spacial score (nSPS) is 10.2. The smallest absolute Gasteiger partial charge is 0.243 e. The molecule has 5 heteroatoms. The fourth-order valence-electron chi connectivity index (χ4n) is 1.79. The number of aromatic nitrogens is 2. The second kappa shape index (κ2) is 6.65. The number of benzene rings is 1. The van der Waals surface area contributed by atoms with Crippen molar-refractivity contribution < 1.29 is 9.18 Å². The van der Waals surface area contributed by atoms with E-state index in [0.29, 0.717) is 13.1 Å². The fraction of sp³-hybridized carbons (Fsp3) is 0.200. The lowest BCUT2D eigenvalue weighted by Crippen LogP contribution is -2.22. The number of rotatable bonds is 6. The van der Waals surface area contributed by atoms with Gasteiger partial charge in [-0.15, -0.1) is 0 Å². The number of nitrogens with one attached hydrogen (secondary N) is 1. The molecule has 1 aromatic carbocycles. The minimum atomic E-state index is -0.258. The Morgan fingerprint density at radius 1 is 1.35 bits per heavy atom. The molecule has 2 aromatic rings.